The maximum absolute atomic E-state index is 13.0. The minimum Gasteiger partial charge on any atom is -0.391 e. The summed E-state index contributed by atoms with van der Waals surface area (Å²) >= 11 is 6.08. The second-order valence-corrected chi connectivity index (χ2v) is 6.24. The Kier molecular flexibility index (Phi) is 5.31. The third-order valence-corrected chi connectivity index (χ3v) is 4.33. The molecule has 9 nitrogen and oxygen atoms in total. The van der Waals surface area contributed by atoms with Crippen LogP contribution in [0.2, 0.25) is 5.02 Å². The number of carbonyl (C=O) groups excluding carboxylic acids is 2. The van der Waals surface area contributed by atoms with E-state index in [1.807, 2.05) is 0 Å². The first-order valence-corrected chi connectivity index (χ1v) is 7.84. The molecule has 0 atom stereocenters. The number of halogens is 1. The molecule has 0 spiro atoms. The number of amides is 1. The summed E-state index contributed by atoms with van der Waals surface area (Å²) in [6.07, 6.45) is 0.490. The summed E-state index contributed by atoms with van der Waals surface area (Å²) in [4.78, 5) is 36.8. The number of carbonyl (C=O) groups is 2. The smallest absolute Gasteiger partial charge is 0.391 e. The summed E-state index contributed by atoms with van der Waals surface area (Å²) in [5.74, 6) is -0.789. The summed E-state index contributed by atoms with van der Waals surface area (Å²) in [6.45, 7) is 3.12. The predicted octanol–water partition coefficient (Wildman–Crippen LogP) is 2.89. The highest BCUT2D eigenvalue weighted by atomic mass is 35.5. The second kappa shape index (κ2) is 7.12. The fourth-order valence-electron chi connectivity index (χ4n) is 2.38. The van der Waals surface area contributed by atoms with Gasteiger partial charge in [0, 0.05) is 26.7 Å². The number of rotatable bonds is 4. The lowest BCUT2D eigenvalue weighted by atomic mass is 9.98. The average Bonchev–Trinajstić information content (AvgIpc) is 2.91. The molecule has 138 valence electrons. The van der Waals surface area contributed by atoms with Crippen molar-refractivity contribution in [2.24, 2.45) is 7.05 Å². The number of nitro groups is 1. The monoisotopic (exact) mass is 380 g/mol. The molecule has 0 radical (unpaired) electrons. The van der Waals surface area contributed by atoms with E-state index in [4.69, 9.17) is 16.3 Å². The molecule has 0 saturated carbocycles. The predicted molar refractivity (Wildman–Crippen MR) is 93.9 cm³/mol. The molecule has 0 aliphatic rings. The van der Waals surface area contributed by atoms with Gasteiger partial charge in [-0.1, -0.05) is 11.6 Å². The van der Waals surface area contributed by atoms with Crippen molar-refractivity contribution in [1.82, 2.24) is 14.7 Å². The van der Waals surface area contributed by atoms with Crippen LogP contribution in [0.25, 0.3) is 0 Å². The highest BCUT2D eigenvalue weighted by Crippen LogP contribution is 2.35. The van der Waals surface area contributed by atoms with Gasteiger partial charge in [-0.25, -0.2) is 9.48 Å². The van der Waals surface area contributed by atoms with Gasteiger partial charge in [0.2, 0.25) is 11.7 Å². The van der Waals surface area contributed by atoms with Crippen LogP contribution in [0.1, 0.15) is 27.0 Å². The van der Waals surface area contributed by atoms with Gasteiger partial charge < -0.3 is 9.64 Å². The Morgan fingerprint density at radius 3 is 2.46 bits per heavy atom. The molecule has 0 saturated heterocycles. The lowest BCUT2D eigenvalue weighted by molar-refractivity contribution is -0.385. The van der Waals surface area contributed by atoms with Crippen LogP contribution >= 0.6 is 11.6 Å². The molecule has 1 amide bonds. The number of aryl methyl sites for hydroxylation is 2. The Bertz CT molecular complexity index is 920. The molecule has 2 aromatic rings. The SMILES string of the molecule is Cc1cc(C(=O)c2cnn(C)c2OC(=O)N(C)C)c([N+](=O)[O-])c(C)c1Cl. The van der Waals surface area contributed by atoms with Gasteiger partial charge in [-0.2, -0.15) is 5.10 Å². The Morgan fingerprint density at radius 2 is 1.92 bits per heavy atom. The van der Waals surface area contributed by atoms with Crippen LogP contribution in [0, 0.1) is 24.0 Å². The molecule has 0 fully saturated rings. The van der Waals surface area contributed by atoms with Crippen LogP contribution in [0.3, 0.4) is 0 Å². The quantitative estimate of drug-likeness (QED) is 0.458. The summed E-state index contributed by atoms with van der Waals surface area (Å²) < 4.78 is 6.38. The van der Waals surface area contributed by atoms with Gasteiger partial charge in [-0.15, -0.1) is 0 Å². The molecule has 26 heavy (non-hydrogen) atoms. The molecule has 2 rings (SSSR count). The molecular formula is C16H17ClN4O5. The molecule has 0 aliphatic heterocycles. The average molecular weight is 381 g/mol. The molecule has 1 aromatic carbocycles. The first-order chi connectivity index (χ1) is 12.1. The van der Waals surface area contributed by atoms with Gasteiger partial charge in [0.05, 0.1) is 16.1 Å². The van der Waals surface area contributed by atoms with E-state index in [0.29, 0.717) is 5.56 Å². The Morgan fingerprint density at radius 1 is 1.31 bits per heavy atom. The summed E-state index contributed by atoms with van der Waals surface area (Å²) in [5, 5.41) is 15.6. The largest absolute Gasteiger partial charge is 0.416 e. The van der Waals surface area contributed by atoms with Crippen molar-refractivity contribution in [3.8, 4) is 5.88 Å². The van der Waals surface area contributed by atoms with Crippen molar-refractivity contribution in [3.63, 3.8) is 0 Å². The third-order valence-electron chi connectivity index (χ3n) is 3.75. The fourth-order valence-corrected chi connectivity index (χ4v) is 2.52. The zero-order valence-corrected chi connectivity index (χ0v) is 15.6. The molecule has 0 unspecified atom stereocenters. The fraction of sp³-hybridized carbons (Fsp3) is 0.312. The number of hydrogen-bond acceptors (Lipinski definition) is 6. The lowest BCUT2D eigenvalue weighted by Gasteiger charge is -2.12. The van der Waals surface area contributed by atoms with Gasteiger partial charge in [-0.05, 0) is 25.5 Å². The molecule has 10 heteroatoms. The van der Waals surface area contributed by atoms with Crippen LogP contribution in [0.15, 0.2) is 12.3 Å². The van der Waals surface area contributed by atoms with E-state index < -0.39 is 16.8 Å². The zero-order chi connectivity index (χ0) is 19.8. The van der Waals surface area contributed by atoms with E-state index >= 15 is 0 Å². The molecule has 0 N–H and O–H groups in total. The Labute approximate surface area is 154 Å². The summed E-state index contributed by atoms with van der Waals surface area (Å²) in [5.41, 5.74) is 0.111. The molecule has 0 bridgehead atoms. The number of benzene rings is 1. The van der Waals surface area contributed by atoms with Gasteiger partial charge in [0.15, 0.2) is 0 Å². The van der Waals surface area contributed by atoms with Crippen LogP contribution in [0.5, 0.6) is 5.88 Å². The van der Waals surface area contributed by atoms with E-state index in [9.17, 15) is 19.7 Å². The Balaban J connectivity index is 2.62. The van der Waals surface area contributed by atoms with E-state index in [2.05, 4.69) is 5.10 Å². The van der Waals surface area contributed by atoms with Crippen LogP contribution < -0.4 is 4.74 Å². The normalized spacial score (nSPS) is 10.5. The number of hydrogen-bond donors (Lipinski definition) is 0. The third kappa shape index (κ3) is 3.38. The maximum atomic E-state index is 13.0. The zero-order valence-electron chi connectivity index (χ0n) is 14.9. The van der Waals surface area contributed by atoms with E-state index in [1.165, 1.54) is 49.9 Å². The number of nitrogens with zero attached hydrogens (tertiary/aromatic N) is 4. The number of nitro benzene ring substituents is 1. The first kappa shape index (κ1) is 19.4. The van der Waals surface area contributed by atoms with Gasteiger partial charge in [-0.3, -0.25) is 14.9 Å². The van der Waals surface area contributed by atoms with Crippen molar-refractivity contribution in [2.45, 2.75) is 13.8 Å². The van der Waals surface area contributed by atoms with E-state index in [-0.39, 0.29) is 33.3 Å². The molecule has 1 aromatic heterocycles. The van der Waals surface area contributed by atoms with Gasteiger partial charge >= 0.3 is 6.09 Å². The van der Waals surface area contributed by atoms with E-state index in [0.717, 1.165) is 0 Å². The van der Waals surface area contributed by atoms with Crippen LogP contribution in [-0.4, -0.2) is 45.6 Å². The van der Waals surface area contributed by atoms with E-state index in [1.54, 1.807) is 6.92 Å². The van der Waals surface area contributed by atoms with Crippen LogP contribution in [0.4, 0.5) is 10.5 Å². The minimum absolute atomic E-state index is 0.0630. The van der Waals surface area contributed by atoms with Crippen molar-refractivity contribution in [2.75, 3.05) is 14.1 Å². The molecular weight excluding hydrogens is 364 g/mol. The molecule has 0 aliphatic carbocycles. The van der Waals surface area contributed by atoms with Gasteiger partial charge in [0.25, 0.3) is 5.69 Å². The standard InChI is InChI=1S/C16H17ClN4O5/c1-8-6-10(13(21(24)25)9(2)12(8)17)14(22)11-7-18-20(5)15(11)26-16(23)19(3)4/h6-7H,1-5H3. The molecule has 1 heterocycles. The van der Waals surface area contributed by atoms with Crippen molar-refractivity contribution in [3.05, 3.63) is 49.7 Å². The van der Waals surface area contributed by atoms with Crippen LogP contribution in [-0.2, 0) is 7.05 Å². The second-order valence-electron chi connectivity index (χ2n) is 5.86. The summed E-state index contributed by atoms with van der Waals surface area (Å²) in [6, 6.07) is 1.35. The lowest BCUT2D eigenvalue weighted by Crippen LogP contribution is -2.26. The van der Waals surface area contributed by atoms with Crippen molar-refractivity contribution >= 4 is 29.2 Å². The maximum Gasteiger partial charge on any atom is 0.416 e. The highest BCUT2D eigenvalue weighted by Gasteiger charge is 2.30. The highest BCUT2D eigenvalue weighted by molar-refractivity contribution is 6.32. The number of ether oxygens (including phenoxy) is 1. The number of aromatic nitrogens is 2. The summed E-state index contributed by atoms with van der Waals surface area (Å²) in [7, 11) is 4.45. The first-order valence-electron chi connectivity index (χ1n) is 7.46. The Hall–Kier alpha value is -2.94. The van der Waals surface area contributed by atoms with Crippen molar-refractivity contribution < 1.29 is 19.2 Å². The minimum atomic E-state index is -0.708. The number of ketones is 1. The topological polar surface area (TPSA) is 108 Å². The van der Waals surface area contributed by atoms with Gasteiger partial charge in [0.1, 0.15) is 11.1 Å². The van der Waals surface area contributed by atoms with Crippen molar-refractivity contribution in [1.29, 1.82) is 0 Å².